The second kappa shape index (κ2) is 7.52. The molecule has 2 amide bonds. The topological polar surface area (TPSA) is 154 Å². The highest BCUT2D eigenvalue weighted by molar-refractivity contribution is 5.85. The molecule has 8 atom stereocenters. The standard InChI is InChI=1S/C24H35N3O6/c1-21-6-3-17-18(24(21,32)9-5-16(21)14-10-19(29)33-12-14)4-8-23(31)11-15(28)2-7-22(17,23)13-26-27-20(25)30/h10,13,15-18,28,31-32H,2-9,11-12H2,1H3,(H3,25,27,30)/b26-13-/t15-,16-,17+,18-,21-,22+,23-,24-/m1/s1. The molecule has 4 saturated carbocycles. The van der Waals surface area contributed by atoms with Crippen LogP contribution in [0.3, 0.4) is 0 Å². The number of nitrogens with zero attached hydrogens (tertiary/aromatic N) is 1. The van der Waals surface area contributed by atoms with E-state index in [1.54, 1.807) is 12.3 Å². The van der Waals surface area contributed by atoms with Crippen molar-refractivity contribution in [3.63, 3.8) is 0 Å². The molecule has 4 fully saturated rings. The van der Waals surface area contributed by atoms with Crippen LogP contribution >= 0.6 is 0 Å². The van der Waals surface area contributed by atoms with Crippen LogP contribution in [0.5, 0.6) is 0 Å². The van der Waals surface area contributed by atoms with E-state index in [4.69, 9.17) is 10.5 Å². The number of carbonyl (C=O) groups excluding carboxylic acids is 2. The summed E-state index contributed by atoms with van der Waals surface area (Å²) in [6.45, 7) is 2.45. The Labute approximate surface area is 193 Å². The van der Waals surface area contributed by atoms with E-state index in [0.29, 0.717) is 38.7 Å². The predicted octanol–water partition coefficient (Wildman–Crippen LogP) is 1.35. The van der Waals surface area contributed by atoms with Crippen molar-refractivity contribution in [3.05, 3.63) is 11.6 Å². The SMILES string of the molecule is C[C@]12CC[C@H]3[C@@H](CC[C@@]4(O)C[C@H](O)CC[C@]34/C=N\NC(N)=O)[C@]1(O)CC[C@@H]2C1=CC(=O)OC1. The first kappa shape index (κ1) is 22.8. The molecule has 0 aromatic carbocycles. The summed E-state index contributed by atoms with van der Waals surface area (Å²) >= 11 is 0. The number of aliphatic hydroxyl groups excluding tert-OH is 1. The minimum Gasteiger partial charge on any atom is -0.458 e. The molecule has 5 aliphatic rings. The molecule has 33 heavy (non-hydrogen) atoms. The van der Waals surface area contributed by atoms with Gasteiger partial charge in [-0.2, -0.15) is 5.10 Å². The molecule has 1 heterocycles. The van der Waals surface area contributed by atoms with E-state index in [2.05, 4.69) is 17.5 Å². The lowest BCUT2D eigenvalue weighted by Gasteiger charge is -2.65. The summed E-state index contributed by atoms with van der Waals surface area (Å²) in [4.78, 5) is 23.0. The van der Waals surface area contributed by atoms with Gasteiger partial charge < -0.3 is 25.8 Å². The van der Waals surface area contributed by atoms with E-state index < -0.39 is 28.8 Å². The van der Waals surface area contributed by atoms with Crippen molar-refractivity contribution < 1.29 is 29.6 Å². The van der Waals surface area contributed by atoms with E-state index >= 15 is 0 Å². The lowest BCUT2D eigenvalue weighted by Crippen LogP contribution is -2.68. The zero-order chi connectivity index (χ0) is 23.6. The fraction of sp³-hybridized carbons (Fsp3) is 0.792. The lowest BCUT2D eigenvalue weighted by molar-refractivity contribution is -0.237. The summed E-state index contributed by atoms with van der Waals surface area (Å²) < 4.78 is 5.18. The number of aliphatic hydroxyl groups is 3. The Hall–Kier alpha value is -1.97. The summed E-state index contributed by atoms with van der Waals surface area (Å²) in [5, 5.41) is 38.6. The zero-order valence-corrected chi connectivity index (χ0v) is 19.1. The number of urea groups is 1. The van der Waals surface area contributed by atoms with Crippen molar-refractivity contribution in [1.82, 2.24) is 5.43 Å². The third-order valence-corrected chi connectivity index (χ3v) is 10.1. The zero-order valence-electron chi connectivity index (χ0n) is 19.1. The maximum absolute atomic E-state index is 12.3. The van der Waals surface area contributed by atoms with Crippen molar-refractivity contribution in [1.29, 1.82) is 0 Å². The summed E-state index contributed by atoms with van der Waals surface area (Å²) in [6, 6.07) is -0.774. The number of hydrogen-bond acceptors (Lipinski definition) is 7. The van der Waals surface area contributed by atoms with Crippen molar-refractivity contribution in [2.75, 3.05) is 6.61 Å². The maximum Gasteiger partial charge on any atom is 0.332 e. The van der Waals surface area contributed by atoms with Gasteiger partial charge in [-0.05, 0) is 74.7 Å². The largest absolute Gasteiger partial charge is 0.458 e. The van der Waals surface area contributed by atoms with Crippen LogP contribution in [0, 0.1) is 28.6 Å². The first-order valence-corrected chi connectivity index (χ1v) is 12.1. The number of fused-ring (bicyclic) bond motifs is 5. The van der Waals surface area contributed by atoms with Crippen molar-refractivity contribution in [2.24, 2.45) is 39.4 Å². The van der Waals surface area contributed by atoms with Gasteiger partial charge in [0.05, 0.1) is 17.3 Å². The average Bonchev–Trinajstić information content (AvgIpc) is 3.28. The van der Waals surface area contributed by atoms with Gasteiger partial charge in [0, 0.05) is 29.5 Å². The average molecular weight is 462 g/mol. The van der Waals surface area contributed by atoms with Crippen LogP contribution in [0.25, 0.3) is 0 Å². The van der Waals surface area contributed by atoms with E-state index in [1.807, 2.05) is 0 Å². The number of nitrogens with one attached hydrogen (secondary N) is 1. The van der Waals surface area contributed by atoms with Crippen molar-refractivity contribution >= 4 is 18.2 Å². The first-order valence-electron chi connectivity index (χ1n) is 12.1. The number of ether oxygens (including phenoxy) is 1. The molecule has 5 rings (SSSR count). The Balaban J connectivity index is 1.52. The van der Waals surface area contributed by atoms with E-state index in [9.17, 15) is 24.9 Å². The molecule has 0 saturated heterocycles. The fourth-order valence-electron chi connectivity index (χ4n) is 8.57. The molecule has 0 spiro atoms. The van der Waals surface area contributed by atoms with Crippen molar-refractivity contribution in [2.45, 2.75) is 82.0 Å². The Morgan fingerprint density at radius 1 is 1.18 bits per heavy atom. The molecule has 0 radical (unpaired) electrons. The van der Waals surface area contributed by atoms with Gasteiger partial charge in [0.15, 0.2) is 0 Å². The van der Waals surface area contributed by atoms with Crippen LogP contribution in [0.1, 0.15) is 64.7 Å². The minimum atomic E-state index is -1.16. The Bertz CT molecular complexity index is 922. The van der Waals surface area contributed by atoms with Gasteiger partial charge in [0.25, 0.3) is 0 Å². The van der Waals surface area contributed by atoms with E-state index in [1.165, 1.54) is 0 Å². The molecular formula is C24H35N3O6. The van der Waals surface area contributed by atoms with Crippen LogP contribution in [0.4, 0.5) is 4.79 Å². The fourth-order valence-corrected chi connectivity index (χ4v) is 8.57. The third-order valence-electron chi connectivity index (χ3n) is 10.1. The number of carbonyl (C=O) groups is 2. The molecule has 0 unspecified atom stereocenters. The molecule has 1 aliphatic heterocycles. The number of amides is 2. The Morgan fingerprint density at radius 2 is 1.94 bits per heavy atom. The molecule has 4 aliphatic carbocycles. The van der Waals surface area contributed by atoms with Gasteiger partial charge in [-0.15, -0.1) is 0 Å². The molecule has 0 aromatic rings. The van der Waals surface area contributed by atoms with Crippen LogP contribution in [0.15, 0.2) is 16.8 Å². The summed E-state index contributed by atoms with van der Waals surface area (Å²) in [6.07, 6.45) is 8.02. The summed E-state index contributed by atoms with van der Waals surface area (Å²) in [5.41, 5.74) is 5.21. The summed E-state index contributed by atoms with van der Waals surface area (Å²) in [7, 11) is 0. The predicted molar refractivity (Wildman–Crippen MR) is 119 cm³/mol. The monoisotopic (exact) mass is 461 g/mol. The third kappa shape index (κ3) is 3.12. The molecule has 0 aromatic heterocycles. The normalized spacial score (nSPS) is 49.1. The van der Waals surface area contributed by atoms with E-state index in [0.717, 1.165) is 24.8 Å². The Kier molecular flexibility index (Phi) is 5.19. The lowest BCUT2D eigenvalue weighted by atomic mass is 9.41. The van der Waals surface area contributed by atoms with Gasteiger partial charge >= 0.3 is 12.0 Å². The minimum absolute atomic E-state index is 0.0468. The number of primary amides is 1. The quantitative estimate of drug-likeness (QED) is 0.243. The molecule has 182 valence electrons. The van der Waals surface area contributed by atoms with Gasteiger partial charge in [0.2, 0.25) is 0 Å². The van der Waals surface area contributed by atoms with Gasteiger partial charge in [0.1, 0.15) is 6.61 Å². The summed E-state index contributed by atoms with van der Waals surface area (Å²) in [5.74, 6) is -0.326. The molecular weight excluding hydrogens is 426 g/mol. The highest BCUT2D eigenvalue weighted by Gasteiger charge is 2.71. The van der Waals surface area contributed by atoms with E-state index in [-0.39, 0.29) is 35.6 Å². The van der Waals surface area contributed by atoms with Crippen LogP contribution in [0.2, 0.25) is 0 Å². The molecule has 6 N–H and O–H groups in total. The molecule has 0 bridgehead atoms. The molecule has 9 heteroatoms. The highest BCUT2D eigenvalue weighted by Crippen LogP contribution is 2.70. The Morgan fingerprint density at radius 3 is 2.64 bits per heavy atom. The smallest absolute Gasteiger partial charge is 0.332 e. The van der Waals surface area contributed by atoms with Crippen LogP contribution in [-0.2, 0) is 9.53 Å². The van der Waals surface area contributed by atoms with Gasteiger partial charge in [-0.25, -0.2) is 15.0 Å². The second-order valence-corrected chi connectivity index (χ2v) is 11.3. The second-order valence-electron chi connectivity index (χ2n) is 11.3. The number of nitrogens with two attached hydrogens (primary N) is 1. The van der Waals surface area contributed by atoms with Gasteiger partial charge in [-0.3, -0.25) is 0 Å². The number of esters is 1. The van der Waals surface area contributed by atoms with Gasteiger partial charge in [-0.1, -0.05) is 6.92 Å². The number of rotatable bonds is 3. The maximum atomic E-state index is 12.3. The highest BCUT2D eigenvalue weighted by atomic mass is 16.5. The van der Waals surface area contributed by atoms with Crippen molar-refractivity contribution in [3.8, 4) is 0 Å². The number of cyclic esters (lactones) is 1. The molecule has 9 nitrogen and oxygen atoms in total. The number of hydrogen-bond donors (Lipinski definition) is 5. The van der Waals surface area contributed by atoms with Crippen LogP contribution < -0.4 is 11.2 Å². The number of hydrazone groups is 1. The van der Waals surface area contributed by atoms with Crippen LogP contribution in [-0.4, -0.2) is 57.4 Å². The first-order chi connectivity index (χ1) is 15.5.